The number of anilines is 1. The van der Waals surface area contributed by atoms with Crippen molar-refractivity contribution in [3.63, 3.8) is 0 Å². The number of carboxylic acids is 1. The largest absolute Gasteiger partial charge is 0.476 e. The minimum absolute atomic E-state index is 0.0182. The number of hydrogen-bond acceptors (Lipinski definition) is 4. The van der Waals surface area contributed by atoms with E-state index in [9.17, 15) is 4.79 Å². The van der Waals surface area contributed by atoms with Crippen molar-refractivity contribution in [2.75, 3.05) is 11.4 Å². The Bertz CT molecular complexity index is 366. The number of rotatable bonds is 5. The second kappa shape index (κ2) is 5.44. The summed E-state index contributed by atoms with van der Waals surface area (Å²) in [7, 11) is 0. The number of carboxylic acid groups (broad SMARTS) is 1. The lowest BCUT2D eigenvalue weighted by molar-refractivity contribution is 0.0690. The van der Waals surface area contributed by atoms with Crippen molar-refractivity contribution in [3.05, 3.63) is 18.1 Å². The molecule has 0 amide bonds. The summed E-state index contributed by atoms with van der Waals surface area (Å²) in [5.41, 5.74) is 0.0182. The number of nitrogens with zero attached hydrogens (tertiary/aromatic N) is 3. The Morgan fingerprint density at radius 3 is 2.56 bits per heavy atom. The van der Waals surface area contributed by atoms with E-state index in [0.717, 1.165) is 13.0 Å². The fourth-order valence-electron chi connectivity index (χ4n) is 1.54. The molecule has 5 heteroatoms. The van der Waals surface area contributed by atoms with Gasteiger partial charge in [-0.3, -0.25) is 0 Å². The highest BCUT2D eigenvalue weighted by molar-refractivity contribution is 5.90. The van der Waals surface area contributed by atoms with E-state index in [-0.39, 0.29) is 11.7 Å². The molecule has 0 unspecified atom stereocenters. The van der Waals surface area contributed by atoms with Crippen LogP contribution in [0, 0.1) is 0 Å². The third-order valence-electron chi connectivity index (χ3n) is 2.24. The molecule has 0 fully saturated rings. The van der Waals surface area contributed by atoms with Gasteiger partial charge in [0.25, 0.3) is 0 Å². The maximum Gasteiger partial charge on any atom is 0.358 e. The number of hydrogen-bond donors (Lipinski definition) is 1. The maximum atomic E-state index is 11.0. The van der Waals surface area contributed by atoms with E-state index in [0.29, 0.717) is 5.82 Å². The van der Waals surface area contributed by atoms with Gasteiger partial charge in [0.15, 0.2) is 11.5 Å². The summed E-state index contributed by atoms with van der Waals surface area (Å²) in [4.78, 5) is 21.0. The Kier molecular flexibility index (Phi) is 4.22. The average molecular weight is 223 g/mol. The van der Waals surface area contributed by atoms with Gasteiger partial charge in [0.05, 0.1) is 0 Å². The first-order valence-electron chi connectivity index (χ1n) is 5.38. The molecule has 0 atom stereocenters. The first kappa shape index (κ1) is 12.4. The summed E-state index contributed by atoms with van der Waals surface area (Å²) in [6.45, 7) is 6.84. The Hall–Kier alpha value is -1.65. The Morgan fingerprint density at radius 1 is 1.44 bits per heavy atom. The van der Waals surface area contributed by atoms with Gasteiger partial charge in [-0.2, -0.15) is 0 Å². The van der Waals surface area contributed by atoms with Crippen LogP contribution in [-0.4, -0.2) is 33.6 Å². The van der Waals surface area contributed by atoms with Crippen LogP contribution in [-0.2, 0) is 0 Å². The third-order valence-corrected chi connectivity index (χ3v) is 2.24. The zero-order chi connectivity index (χ0) is 12.1. The first-order chi connectivity index (χ1) is 7.57. The Balaban J connectivity index is 3.12. The zero-order valence-corrected chi connectivity index (χ0v) is 9.84. The Labute approximate surface area is 95.1 Å². The molecule has 0 bridgehead atoms. The molecule has 1 rings (SSSR count). The van der Waals surface area contributed by atoms with Gasteiger partial charge in [-0.05, 0) is 20.3 Å². The van der Waals surface area contributed by atoms with Crippen LogP contribution in [0.5, 0.6) is 0 Å². The molecule has 1 heterocycles. The normalized spacial score (nSPS) is 10.5. The minimum Gasteiger partial charge on any atom is -0.476 e. The highest BCUT2D eigenvalue weighted by Crippen LogP contribution is 2.17. The summed E-state index contributed by atoms with van der Waals surface area (Å²) in [5.74, 6) is -0.586. The molecule has 88 valence electrons. The summed E-state index contributed by atoms with van der Waals surface area (Å²) >= 11 is 0. The van der Waals surface area contributed by atoms with Crippen LogP contribution in [0.1, 0.15) is 37.7 Å². The average Bonchev–Trinajstić information content (AvgIpc) is 2.25. The fraction of sp³-hybridized carbons (Fsp3) is 0.545. The lowest BCUT2D eigenvalue weighted by atomic mass is 10.2. The highest BCUT2D eigenvalue weighted by Gasteiger charge is 2.19. The molecule has 0 saturated carbocycles. The highest BCUT2D eigenvalue weighted by atomic mass is 16.4. The van der Waals surface area contributed by atoms with Crippen LogP contribution in [0.2, 0.25) is 0 Å². The summed E-state index contributed by atoms with van der Waals surface area (Å²) in [6, 6.07) is 0.203. The maximum absolute atomic E-state index is 11.0. The molecule has 0 aliphatic heterocycles. The monoisotopic (exact) mass is 223 g/mol. The second-order valence-corrected chi connectivity index (χ2v) is 3.82. The van der Waals surface area contributed by atoms with Crippen molar-refractivity contribution in [1.82, 2.24) is 9.97 Å². The molecule has 16 heavy (non-hydrogen) atoms. The van der Waals surface area contributed by atoms with Gasteiger partial charge in [0.2, 0.25) is 0 Å². The van der Waals surface area contributed by atoms with Crippen LogP contribution in [0.4, 0.5) is 5.82 Å². The number of carbonyl (C=O) groups is 1. The summed E-state index contributed by atoms with van der Waals surface area (Å²) in [6.07, 6.45) is 3.86. The SMILES string of the molecule is CCCN(c1nccnc1C(=O)O)C(C)C. The summed E-state index contributed by atoms with van der Waals surface area (Å²) < 4.78 is 0. The molecular formula is C11H17N3O2. The van der Waals surface area contributed by atoms with Crippen molar-refractivity contribution in [1.29, 1.82) is 0 Å². The first-order valence-corrected chi connectivity index (χ1v) is 5.38. The molecule has 0 aliphatic rings. The predicted octanol–water partition coefficient (Wildman–Crippen LogP) is 1.80. The van der Waals surface area contributed by atoms with Gasteiger partial charge in [-0.1, -0.05) is 6.92 Å². The van der Waals surface area contributed by atoms with E-state index in [1.165, 1.54) is 12.4 Å². The van der Waals surface area contributed by atoms with Crippen LogP contribution in [0.15, 0.2) is 12.4 Å². The number of aromatic carboxylic acids is 1. The van der Waals surface area contributed by atoms with Crippen molar-refractivity contribution in [2.45, 2.75) is 33.2 Å². The van der Waals surface area contributed by atoms with E-state index in [1.54, 1.807) is 0 Å². The van der Waals surface area contributed by atoms with Gasteiger partial charge in [-0.25, -0.2) is 14.8 Å². The predicted molar refractivity (Wildman–Crippen MR) is 61.8 cm³/mol. The van der Waals surface area contributed by atoms with Crippen molar-refractivity contribution in [2.24, 2.45) is 0 Å². The molecule has 0 spiro atoms. The molecule has 0 radical (unpaired) electrons. The van der Waals surface area contributed by atoms with Crippen LogP contribution in [0.3, 0.4) is 0 Å². The van der Waals surface area contributed by atoms with E-state index < -0.39 is 5.97 Å². The topological polar surface area (TPSA) is 66.3 Å². The van der Waals surface area contributed by atoms with Crippen LogP contribution < -0.4 is 4.90 Å². The van der Waals surface area contributed by atoms with Crippen molar-refractivity contribution < 1.29 is 9.90 Å². The van der Waals surface area contributed by atoms with Gasteiger partial charge in [0, 0.05) is 25.0 Å². The molecule has 1 aromatic rings. The Morgan fingerprint density at radius 2 is 2.06 bits per heavy atom. The van der Waals surface area contributed by atoms with Crippen molar-refractivity contribution in [3.8, 4) is 0 Å². The third kappa shape index (κ3) is 2.68. The van der Waals surface area contributed by atoms with E-state index in [4.69, 9.17) is 5.11 Å². The second-order valence-electron chi connectivity index (χ2n) is 3.82. The molecule has 0 aromatic carbocycles. The van der Waals surface area contributed by atoms with Crippen LogP contribution >= 0.6 is 0 Å². The zero-order valence-electron chi connectivity index (χ0n) is 9.84. The lowest BCUT2D eigenvalue weighted by Crippen LogP contribution is -2.34. The van der Waals surface area contributed by atoms with Crippen LogP contribution in [0.25, 0.3) is 0 Å². The fourth-order valence-corrected chi connectivity index (χ4v) is 1.54. The molecule has 0 aliphatic carbocycles. The summed E-state index contributed by atoms with van der Waals surface area (Å²) in [5, 5.41) is 9.04. The minimum atomic E-state index is -1.04. The molecular weight excluding hydrogens is 206 g/mol. The van der Waals surface area contributed by atoms with Gasteiger partial charge in [-0.15, -0.1) is 0 Å². The number of aromatic nitrogens is 2. The van der Waals surface area contributed by atoms with Gasteiger partial charge < -0.3 is 10.0 Å². The standard InChI is InChI=1S/C11H17N3O2/c1-4-7-14(8(2)3)10-9(11(15)16)12-5-6-13-10/h5-6,8H,4,7H2,1-3H3,(H,15,16). The van der Waals surface area contributed by atoms with Crippen molar-refractivity contribution >= 4 is 11.8 Å². The van der Waals surface area contributed by atoms with E-state index >= 15 is 0 Å². The lowest BCUT2D eigenvalue weighted by Gasteiger charge is -2.27. The quantitative estimate of drug-likeness (QED) is 0.824. The molecule has 1 aromatic heterocycles. The smallest absolute Gasteiger partial charge is 0.358 e. The van der Waals surface area contributed by atoms with E-state index in [1.807, 2.05) is 25.7 Å². The molecule has 5 nitrogen and oxygen atoms in total. The van der Waals surface area contributed by atoms with E-state index in [2.05, 4.69) is 9.97 Å². The molecule has 0 saturated heterocycles. The molecule has 1 N–H and O–H groups in total. The van der Waals surface area contributed by atoms with Gasteiger partial charge >= 0.3 is 5.97 Å². The van der Waals surface area contributed by atoms with Gasteiger partial charge in [0.1, 0.15) is 0 Å².